The summed E-state index contributed by atoms with van der Waals surface area (Å²) < 4.78 is 7.37. The predicted octanol–water partition coefficient (Wildman–Crippen LogP) is 4.47. The minimum absolute atomic E-state index is 0.165. The van der Waals surface area contributed by atoms with E-state index in [1.54, 1.807) is 16.8 Å². The second-order valence-electron chi connectivity index (χ2n) is 7.17. The van der Waals surface area contributed by atoms with Crippen molar-refractivity contribution in [3.63, 3.8) is 0 Å². The zero-order chi connectivity index (χ0) is 21.0. The highest BCUT2D eigenvalue weighted by molar-refractivity contribution is 6.33. The predicted molar refractivity (Wildman–Crippen MR) is 114 cm³/mol. The van der Waals surface area contributed by atoms with Crippen LogP contribution in [0.15, 0.2) is 42.5 Å². The molecule has 0 aliphatic heterocycles. The first-order chi connectivity index (χ1) is 13.8. The Hall–Kier alpha value is -2.86. The standard InChI is InChI=1S/C22H25ClN4O2/c1-14(2)17-5-7-18(8-6-17)29-12-11-24-22(28)21-19(23)9-10-20(25-21)27-16(4)13-15(3)26-27/h5-10,13-14H,11-12H2,1-4H3,(H,24,28). The summed E-state index contributed by atoms with van der Waals surface area (Å²) in [5, 5.41) is 7.48. The van der Waals surface area contributed by atoms with Crippen LogP contribution in [0.3, 0.4) is 0 Å². The average Bonchev–Trinajstić information content (AvgIpc) is 3.04. The molecular weight excluding hydrogens is 388 g/mol. The molecule has 0 aliphatic rings. The van der Waals surface area contributed by atoms with Crippen molar-refractivity contribution in [3.8, 4) is 11.6 Å². The maximum atomic E-state index is 12.5. The lowest BCUT2D eigenvalue weighted by Gasteiger charge is -2.11. The number of rotatable bonds is 7. The monoisotopic (exact) mass is 412 g/mol. The molecule has 0 radical (unpaired) electrons. The maximum absolute atomic E-state index is 12.5. The van der Waals surface area contributed by atoms with Crippen molar-refractivity contribution in [1.82, 2.24) is 20.1 Å². The molecule has 0 atom stereocenters. The largest absolute Gasteiger partial charge is 0.492 e. The van der Waals surface area contributed by atoms with Gasteiger partial charge in [0.2, 0.25) is 0 Å². The third-order valence-electron chi connectivity index (χ3n) is 4.48. The summed E-state index contributed by atoms with van der Waals surface area (Å²) in [7, 11) is 0. The number of carbonyl (C=O) groups excluding carboxylic acids is 1. The molecule has 152 valence electrons. The average molecular weight is 413 g/mol. The molecule has 1 N–H and O–H groups in total. The fourth-order valence-electron chi connectivity index (χ4n) is 2.94. The summed E-state index contributed by atoms with van der Waals surface area (Å²) in [4.78, 5) is 16.9. The van der Waals surface area contributed by atoms with Crippen molar-refractivity contribution >= 4 is 17.5 Å². The van der Waals surface area contributed by atoms with E-state index in [4.69, 9.17) is 16.3 Å². The van der Waals surface area contributed by atoms with Crippen LogP contribution < -0.4 is 10.1 Å². The molecule has 0 saturated heterocycles. The molecule has 3 rings (SSSR count). The summed E-state index contributed by atoms with van der Waals surface area (Å²) in [5.41, 5.74) is 3.23. The van der Waals surface area contributed by atoms with E-state index in [2.05, 4.69) is 29.2 Å². The van der Waals surface area contributed by atoms with Crippen molar-refractivity contribution in [2.45, 2.75) is 33.6 Å². The van der Waals surface area contributed by atoms with Crippen molar-refractivity contribution < 1.29 is 9.53 Å². The molecule has 0 spiro atoms. The molecule has 0 unspecified atom stereocenters. The Labute approximate surface area is 175 Å². The summed E-state index contributed by atoms with van der Waals surface area (Å²) in [6, 6.07) is 13.3. The van der Waals surface area contributed by atoms with Gasteiger partial charge in [0.1, 0.15) is 18.1 Å². The first-order valence-corrected chi connectivity index (χ1v) is 9.94. The smallest absolute Gasteiger partial charge is 0.271 e. The number of amides is 1. The molecule has 0 aliphatic carbocycles. The zero-order valence-electron chi connectivity index (χ0n) is 17.1. The molecular formula is C22H25ClN4O2. The number of benzene rings is 1. The second-order valence-corrected chi connectivity index (χ2v) is 7.57. The fraction of sp³-hybridized carbons (Fsp3) is 0.318. The van der Waals surface area contributed by atoms with Gasteiger partial charge < -0.3 is 10.1 Å². The van der Waals surface area contributed by atoms with Crippen molar-refractivity contribution in [2.75, 3.05) is 13.2 Å². The van der Waals surface area contributed by atoms with Crippen LogP contribution in [0.2, 0.25) is 5.02 Å². The third kappa shape index (κ3) is 5.15. The van der Waals surface area contributed by atoms with Crippen LogP contribution in [0.5, 0.6) is 5.75 Å². The number of halogens is 1. The number of nitrogens with zero attached hydrogens (tertiary/aromatic N) is 3. The van der Waals surface area contributed by atoms with Gasteiger partial charge in [-0.2, -0.15) is 5.10 Å². The number of hydrogen-bond donors (Lipinski definition) is 1. The Kier molecular flexibility index (Phi) is 6.54. The molecule has 6 nitrogen and oxygen atoms in total. The van der Waals surface area contributed by atoms with Crippen LogP contribution in [-0.4, -0.2) is 33.8 Å². The number of ether oxygens (including phenoxy) is 1. The van der Waals surface area contributed by atoms with Gasteiger partial charge in [-0.05, 0) is 55.7 Å². The molecule has 1 aromatic carbocycles. The van der Waals surface area contributed by atoms with Gasteiger partial charge >= 0.3 is 0 Å². The number of carbonyl (C=O) groups is 1. The van der Waals surface area contributed by atoms with Gasteiger partial charge in [-0.25, -0.2) is 9.67 Å². The topological polar surface area (TPSA) is 69.0 Å². The van der Waals surface area contributed by atoms with Crippen LogP contribution in [-0.2, 0) is 0 Å². The zero-order valence-corrected chi connectivity index (χ0v) is 17.8. The van der Waals surface area contributed by atoms with E-state index >= 15 is 0 Å². The van der Waals surface area contributed by atoms with Gasteiger partial charge in [0.25, 0.3) is 5.91 Å². The fourth-order valence-corrected chi connectivity index (χ4v) is 3.13. The molecule has 3 aromatic rings. The van der Waals surface area contributed by atoms with Gasteiger partial charge in [0.05, 0.1) is 17.3 Å². The number of aromatic nitrogens is 3. The highest BCUT2D eigenvalue weighted by Gasteiger charge is 2.15. The van der Waals surface area contributed by atoms with Gasteiger partial charge in [-0.15, -0.1) is 0 Å². The van der Waals surface area contributed by atoms with Crippen LogP contribution in [0, 0.1) is 13.8 Å². The first kappa shape index (κ1) is 20.9. The summed E-state index contributed by atoms with van der Waals surface area (Å²) >= 11 is 6.19. The highest BCUT2D eigenvalue weighted by atomic mass is 35.5. The number of aryl methyl sites for hydroxylation is 2. The van der Waals surface area contributed by atoms with Gasteiger partial charge in [-0.3, -0.25) is 4.79 Å². The van der Waals surface area contributed by atoms with E-state index in [-0.39, 0.29) is 16.6 Å². The molecule has 7 heteroatoms. The maximum Gasteiger partial charge on any atom is 0.271 e. The van der Waals surface area contributed by atoms with E-state index in [1.807, 2.05) is 44.2 Å². The summed E-state index contributed by atoms with van der Waals surface area (Å²) in [5.74, 6) is 1.45. The first-order valence-electron chi connectivity index (χ1n) is 9.56. The molecule has 0 fully saturated rings. The highest BCUT2D eigenvalue weighted by Crippen LogP contribution is 2.19. The lowest BCUT2D eigenvalue weighted by atomic mass is 10.0. The molecule has 29 heavy (non-hydrogen) atoms. The van der Waals surface area contributed by atoms with Crippen molar-refractivity contribution in [3.05, 3.63) is 70.1 Å². The van der Waals surface area contributed by atoms with E-state index in [9.17, 15) is 4.79 Å². The minimum atomic E-state index is -0.350. The molecule has 2 heterocycles. The molecule has 1 amide bonds. The van der Waals surface area contributed by atoms with Crippen LogP contribution in [0.4, 0.5) is 0 Å². The van der Waals surface area contributed by atoms with Gasteiger partial charge in [0, 0.05) is 5.69 Å². The summed E-state index contributed by atoms with van der Waals surface area (Å²) in [6.45, 7) is 8.82. The van der Waals surface area contributed by atoms with E-state index in [0.29, 0.717) is 24.9 Å². The molecule has 2 aromatic heterocycles. The van der Waals surface area contributed by atoms with Gasteiger partial charge in [0.15, 0.2) is 5.82 Å². The van der Waals surface area contributed by atoms with Crippen LogP contribution in [0.1, 0.15) is 47.2 Å². The minimum Gasteiger partial charge on any atom is -0.492 e. The van der Waals surface area contributed by atoms with Gasteiger partial charge in [-0.1, -0.05) is 37.6 Å². The van der Waals surface area contributed by atoms with E-state index in [1.165, 1.54) is 5.56 Å². The number of nitrogens with one attached hydrogen (secondary N) is 1. The third-order valence-corrected chi connectivity index (χ3v) is 4.78. The normalized spacial score (nSPS) is 11.0. The number of pyridine rings is 1. The lowest BCUT2D eigenvalue weighted by molar-refractivity contribution is 0.0942. The molecule has 0 bridgehead atoms. The van der Waals surface area contributed by atoms with Crippen LogP contribution >= 0.6 is 11.6 Å². The van der Waals surface area contributed by atoms with E-state index < -0.39 is 0 Å². The Morgan fingerprint density at radius 1 is 1.17 bits per heavy atom. The van der Waals surface area contributed by atoms with E-state index in [0.717, 1.165) is 17.1 Å². The van der Waals surface area contributed by atoms with Crippen molar-refractivity contribution in [1.29, 1.82) is 0 Å². The Morgan fingerprint density at radius 2 is 1.90 bits per heavy atom. The Bertz CT molecular complexity index is 997. The molecule has 0 saturated carbocycles. The Balaban J connectivity index is 1.59. The Morgan fingerprint density at radius 3 is 2.52 bits per heavy atom. The second kappa shape index (κ2) is 9.09. The van der Waals surface area contributed by atoms with Crippen LogP contribution in [0.25, 0.3) is 5.82 Å². The van der Waals surface area contributed by atoms with Crippen molar-refractivity contribution in [2.24, 2.45) is 0 Å². The quantitative estimate of drug-likeness (QED) is 0.581. The number of hydrogen-bond acceptors (Lipinski definition) is 4. The summed E-state index contributed by atoms with van der Waals surface area (Å²) in [6.07, 6.45) is 0. The lowest BCUT2D eigenvalue weighted by Crippen LogP contribution is -2.29. The SMILES string of the molecule is Cc1cc(C)n(-c2ccc(Cl)c(C(=O)NCCOc3ccc(C(C)C)cc3)n2)n1.